The van der Waals surface area contributed by atoms with Gasteiger partial charge < -0.3 is 10.6 Å². The first-order valence-corrected chi connectivity index (χ1v) is 9.30. The summed E-state index contributed by atoms with van der Waals surface area (Å²) in [5, 5.41) is 0.672. The molecule has 0 radical (unpaired) electrons. The highest BCUT2D eigenvalue weighted by atomic mass is 32.1. The molecule has 7 heteroatoms. The van der Waals surface area contributed by atoms with Crippen molar-refractivity contribution in [2.45, 2.75) is 26.4 Å². The molecule has 1 unspecified atom stereocenters. The molecule has 3 heterocycles. The molecule has 2 aromatic heterocycles. The second-order valence-electron chi connectivity index (χ2n) is 6.11. The van der Waals surface area contributed by atoms with Gasteiger partial charge in [-0.3, -0.25) is 4.90 Å². The first-order chi connectivity index (χ1) is 10.6. The number of anilines is 1. The molecule has 2 N–H and O–H groups in total. The molecule has 1 aliphatic heterocycles. The molecule has 1 saturated heterocycles. The minimum atomic E-state index is 0.672. The number of hydrogen-bond acceptors (Lipinski definition) is 7. The lowest BCUT2D eigenvalue weighted by atomic mass is 10.1. The number of nitrogens with two attached hydrogens (primary N) is 1. The van der Waals surface area contributed by atoms with Crippen LogP contribution in [0.4, 0.5) is 5.13 Å². The normalized spacial score (nSPS) is 19.3. The maximum absolute atomic E-state index is 5.70. The predicted octanol–water partition coefficient (Wildman–Crippen LogP) is 2.44. The van der Waals surface area contributed by atoms with E-state index >= 15 is 0 Å². The van der Waals surface area contributed by atoms with Crippen molar-refractivity contribution in [2.24, 2.45) is 5.92 Å². The predicted molar refractivity (Wildman–Crippen MR) is 93.1 cm³/mol. The van der Waals surface area contributed by atoms with E-state index in [1.807, 2.05) is 11.7 Å². The van der Waals surface area contributed by atoms with Gasteiger partial charge in [-0.25, -0.2) is 9.97 Å². The minimum Gasteiger partial charge on any atom is -0.375 e. The van der Waals surface area contributed by atoms with Crippen LogP contribution in [0.25, 0.3) is 0 Å². The minimum absolute atomic E-state index is 0.672. The fourth-order valence-corrected chi connectivity index (χ4v) is 4.63. The van der Waals surface area contributed by atoms with Crippen LogP contribution < -0.4 is 5.73 Å². The van der Waals surface area contributed by atoms with E-state index in [0.29, 0.717) is 5.13 Å². The van der Waals surface area contributed by atoms with E-state index < -0.39 is 0 Å². The number of thiazole rings is 2. The van der Waals surface area contributed by atoms with Crippen LogP contribution in [0.5, 0.6) is 0 Å². The summed E-state index contributed by atoms with van der Waals surface area (Å²) in [6, 6.07) is 0. The van der Waals surface area contributed by atoms with E-state index in [9.17, 15) is 0 Å². The van der Waals surface area contributed by atoms with E-state index in [0.717, 1.165) is 25.6 Å². The van der Waals surface area contributed by atoms with Crippen molar-refractivity contribution in [1.82, 2.24) is 19.8 Å². The first-order valence-electron chi connectivity index (χ1n) is 7.60. The van der Waals surface area contributed by atoms with Gasteiger partial charge in [-0.1, -0.05) is 0 Å². The highest BCUT2D eigenvalue weighted by Crippen LogP contribution is 2.23. The van der Waals surface area contributed by atoms with Crippen LogP contribution in [0.3, 0.4) is 0 Å². The summed E-state index contributed by atoms with van der Waals surface area (Å²) in [6.07, 6.45) is 3.19. The van der Waals surface area contributed by atoms with Crippen molar-refractivity contribution < 1.29 is 0 Å². The van der Waals surface area contributed by atoms with Gasteiger partial charge in [0.15, 0.2) is 5.13 Å². The monoisotopic (exact) mass is 337 g/mol. The Morgan fingerprint density at radius 1 is 1.45 bits per heavy atom. The summed E-state index contributed by atoms with van der Waals surface area (Å²) in [6.45, 7) is 7.59. The second-order valence-corrected chi connectivity index (χ2v) is 8.20. The largest absolute Gasteiger partial charge is 0.375 e. The maximum atomic E-state index is 5.70. The van der Waals surface area contributed by atoms with Crippen molar-refractivity contribution >= 4 is 27.8 Å². The molecule has 1 aliphatic rings. The van der Waals surface area contributed by atoms with Gasteiger partial charge in [-0.05, 0) is 32.9 Å². The van der Waals surface area contributed by atoms with Gasteiger partial charge in [0.2, 0.25) is 0 Å². The Balaban J connectivity index is 1.45. The van der Waals surface area contributed by atoms with E-state index in [-0.39, 0.29) is 0 Å². The van der Waals surface area contributed by atoms with E-state index in [4.69, 9.17) is 5.73 Å². The zero-order valence-corrected chi connectivity index (χ0v) is 14.8. The average Bonchev–Trinajstić information content (AvgIpc) is 3.16. The third-order valence-electron chi connectivity index (χ3n) is 4.15. The molecule has 0 aromatic carbocycles. The number of nitrogen functional groups attached to an aromatic ring is 1. The molecular formula is C15H23N5S2. The van der Waals surface area contributed by atoms with Gasteiger partial charge in [-0.2, -0.15) is 0 Å². The SMILES string of the molecule is Cc1ncsc1CN(C)CC1CCN(Cc2cnc(N)s2)C1. The van der Waals surface area contributed by atoms with Crippen LogP contribution >= 0.6 is 22.7 Å². The zero-order chi connectivity index (χ0) is 15.5. The van der Waals surface area contributed by atoms with Gasteiger partial charge in [0, 0.05) is 42.1 Å². The summed E-state index contributed by atoms with van der Waals surface area (Å²) in [4.78, 5) is 16.1. The lowest BCUT2D eigenvalue weighted by Gasteiger charge is -2.21. The zero-order valence-electron chi connectivity index (χ0n) is 13.2. The van der Waals surface area contributed by atoms with Crippen molar-refractivity contribution in [3.8, 4) is 0 Å². The number of hydrogen-bond donors (Lipinski definition) is 1. The summed E-state index contributed by atoms with van der Waals surface area (Å²) < 4.78 is 0. The van der Waals surface area contributed by atoms with Crippen LogP contribution in [0.2, 0.25) is 0 Å². The smallest absolute Gasteiger partial charge is 0.180 e. The van der Waals surface area contributed by atoms with Crippen LogP contribution in [-0.4, -0.2) is 46.4 Å². The molecule has 0 aliphatic carbocycles. The summed E-state index contributed by atoms with van der Waals surface area (Å²) >= 11 is 3.36. The van der Waals surface area contributed by atoms with E-state index in [1.165, 1.54) is 35.0 Å². The molecule has 0 spiro atoms. The van der Waals surface area contributed by atoms with Crippen molar-refractivity contribution in [1.29, 1.82) is 0 Å². The van der Waals surface area contributed by atoms with Crippen LogP contribution in [0.15, 0.2) is 11.7 Å². The Labute approximate surface area is 139 Å². The quantitative estimate of drug-likeness (QED) is 0.877. The van der Waals surface area contributed by atoms with Gasteiger partial charge in [0.25, 0.3) is 0 Å². The molecule has 0 bridgehead atoms. The molecule has 0 amide bonds. The van der Waals surface area contributed by atoms with Gasteiger partial charge >= 0.3 is 0 Å². The summed E-state index contributed by atoms with van der Waals surface area (Å²) in [5.74, 6) is 0.753. The molecule has 5 nitrogen and oxygen atoms in total. The summed E-state index contributed by atoms with van der Waals surface area (Å²) in [5.41, 5.74) is 8.82. The molecule has 22 heavy (non-hydrogen) atoms. The van der Waals surface area contributed by atoms with E-state index in [1.54, 1.807) is 22.7 Å². The fraction of sp³-hybridized carbons (Fsp3) is 0.600. The molecule has 0 saturated carbocycles. The molecule has 1 atom stereocenters. The second kappa shape index (κ2) is 7.04. The highest BCUT2D eigenvalue weighted by molar-refractivity contribution is 7.15. The van der Waals surface area contributed by atoms with Crippen molar-refractivity contribution in [3.63, 3.8) is 0 Å². The number of aromatic nitrogens is 2. The lowest BCUT2D eigenvalue weighted by molar-refractivity contribution is 0.256. The Morgan fingerprint density at radius 2 is 2.32 bits per heavy atom. The average molecular weight is 338 g/mol. The topological polar surface area (TPSA) is 58.3 Å². The highest BCUT2D eigenvalue weighted by Gasteiger charge is 2.24. The van der Waals surface area contributed by atoms with Crippen molar-refractivity contribution in [3.05, 3.63) is 27.2 Å². The molecule has 1 fully saturated rings. The van der Waals surface area contributed by atoms with E-state index in [2.05, 4.69) is 33.7 Å². The molecule has 2 aromatic rings. The number of nitrogens with zero attached hydrogens (tertiary/aromatic N) is 4. The first kappa shape index (κ1) is 15.9. The standard InChI is InChI=1S/C15H23N5S2/c1-11-14(21-10-18-11)9-19(2)6-12-3-4-20(7-12)8-13-5-17-15(16)22-13/h5,10,12H,3-4,6-9H2,1-2H3,(H2,16,17). The van der Waals surface area contributed by atoms with Crippen LogP contribution in [-0.2, 0) is 13.1 Å². The summed E-state index contributed by atoms with van der Waals surface area (Å²) in [7, 11) is 2.21. The van der Waals surface area contributed by atoms with Crippen LogP contribution in [0, 0.1) is 12.8 Å². The lowest BCUT2D eigenvalue weighted by Crippen LogP contribution is -2.27. The van der Waals surface area contributed by atoms with Gasteiger partial charge in [0.1, 0.15) is 0 Å². The third kappa shape index (κ3) is 4.04. The Hall–Kier alpha value is -1.02. The Morgan fingerprint density at radius 3 is 3.00 bits per heavy atom. The van der Waals surface area contributed by atoms with Crippen LogP contribution in [0.1, 0.15) is 21.9 Å². The molecule has 120 valence electrons. The molecule has 3 rings (SSSR count). The molecular weight excluding hydrogens is 314 g/mol. The third-order valence-corrected chi connectivity index (χ3v) is 5.88. The number of aryl methyl sites for hydroxylation is 1. The van der Waals surface area contributed by atoms with Crippen molar-refractivity contribution in [2.75, 3.05) is 32.4 Å². The Kier molecular flexibility index (Phi) is 5.07. The van der Waals surface area contributed by atoms with Gasteiger partial charge in [-0.15, -0.1) is 22.7 Å². The maximum Gasteiger partial charge on any atom is 0.180 e. The number of rotatable bonds is 6. The number of likely N-dealkylation sites (tertiary alicyclic amines) is 1. The fourth-order valence-electron chi connectivity index (χ4n) is 3.05. The van der Waals surface area contributed by atoms with Gasteiger partial charge in [0.05, 0.1) is 11.2 Å². The Bertz CT molecular complexity index is 609.